The molecule has 0 spiro atoms. The third-order valence-electron chi connectivity index (χ3n) is 3.10. The Hall–Kier alpha value is -2.64. The molecule has 1 aromatic heterocycles. The van der Waals surface area contributed by atoms with Crippen LogP contribution in [0.4, 0.5) is 24.9 Å². The maximum Gasteiger partial charge on any atom is 0.389 e. The number of nitrogens with zero attached hydrogens (tertiary/aromatic N) is 3. The molecule has 0 fully saturated rings. The molecule has 0 saturated heterocycles. The molecule has 2 aromatic rings. The minimum absolute atomic E-state index is 0.0168. The predicted molar refractivity (Wildman–Crippen MR) is 83.2 cm³/mol. The molecule has 4 N–H and O–H groups in total. The fourth-order valence-electron chi connectivity index (χ4n) is 1.97. The van der Waals surface area contributed by atoms with Crippen LogP contribution in [0, 0.1) is 6.92 Å². The van der Waals surface area contributed by atoms with Crippen molar-refractivity contribution in [2.75, 3.05) is 5.73 Å². The molecule has 0 aliphatic rings. The van der Waals surface area contributed by atoms with Gasteiger partial charge >= 0.3 is 6.18 Å². The average molecular weight is 323 g/mol. The molecule has 5 nitrogen and oxygen atoms in total. The molecular weight excluding hydrogens is 307 g/mol. The molecule has 0 amide bonds. The number of nitrogens with two attached hydrogens (primary N) is 2. The van der Waals surface area contributed by atoms with Crippen molar-refractivity contribution in [2.24, 2.45) is 10.7 Å². The number of rotatable bonds is 4. The zero-order chi connectivity index (χ0) is 17.0. The predicted octanol–water partition coefficient (Wildman–Crippen LogP) is 3.37. The van der Waals surface area contributed by atoms with Crippen LogP contribution in [0.3, 0.4) is 0 Å². The second kappa shape index (κ2) is 6.64. The van der Waals surface area contributed by atoms with E-state index in [2.05, 4.69) is 15.0 Å². The van der Waals surface area contributed by atoms with Gasteiger partial charge in [-0.1, -0.05) is 30.3 Å². The first kappa shape index (κ1) is 16.7. The van der Waals surface area contributed by atoms with Crippen LogP contribution in [-0.4, -0.2) is 22.0 Å². The normalized spacial score (nSPS) is 12.4. The molecule has 0 radical (unpaired) electrons. The molecule has 1 aromatic carbocycles. The van der Waals surface area contributed by atoms with Crippen molar-refractivity contribution in [1.29, 1.82) is 0 Å². The minimum Gasteiger partial charge on any atom is -0.387 e. The van der Waals surface area contributed by atoms with Crippen molar-refractivity contribution in [3.05, 3.63) is 35.9 Å². The number of hydrogen-bond acceptors (Lipinski definition) is 4. The Kier molecular flexibility index (Phi) is 4.83. The summed E-state index contributed by atoms with van der Waals surface area (Å²) in [4.78, 5) is 12.1. The highest BCUT2D eigenvalue weighted by Crippen LogP contribution is 2.28. The zero-order valence-electron chi connectivity index (χ0n) is 12.4. The number of hydrogen-bond donors (Lipinski definition) is 2. The quantitative estimate of drug-likeness (QED) is 0.667. The van der Waals surface area contributed by atoms with E-state index in [-0.39, 0.29) is 17.6 Å². The SMILES string of the molecule is Cc1c(N=C(N)CCC(F)(F)F)nc(N)nc1-c1ccccc1. The van der Waals surface area contributed by atoms with Crippen molar-refractivity contribution >= 4 is 17.6 Å². The van der Waals surface area contributed by atoms with Gasteiger partial charge in [0.1, 0.15) is 5.84 Å². The molecule has 2 rings (SSSR count). The maximum atomic E-state index is 12.2. The number of amidine groups is 1. The first-order valence-electron chi connectivity index (χ1n) is 6.85. The lowest BCUT2D eigenvalue weighted by atomic mass is 10.1. The van der Waals surface area contributed by atoms with Crippen LogP contribution in [-0.2, 0) is 0 Å². The molecule has 0 unspecified atom stereocenters. The fourth-order valence-corrected chi connectivity index (χ4v) is 1.97. The van der Waals surface area contributed by atoms with Gasteiger partial charge in [-0.25, -0.2) is 9.98 Å². The lowest BCUT2D eigenvalue weighted by molar-refractivity contribution is -0.132. The van der Waals surface area contributed by atoms with E-state index in [0.29, 0.717) is 11.3 Å². The summed E-state index contributed by atoms with van der Waals surface area (Å²) < 4.78 is 36.7. The van der Waals surface area contributed by atoms with E-state index in [9.17, 15) is 13.2 Å². The van der Waals surface area contributed by atoms with Crippen LogP contribution in [0.2, 0.25) is 0 Å². The largest absolute Gasteiger partial charge is 0.389 e. The Morgan fingerprint density at radius 3 is 2.43 bits per heavy atom. The highest BCUT2D eigenvalue weighted by Gasteiger charge is 2.27. The van der Waals surface area contributed by atoms with E-state index in [0.717, 1.165) is 5.56 Å². The molecule has 0 aliphatic heterocycles. The Bertz CT molecular complexity index is 711. The number of aromatic nitrogens is 2. The number of aliphatic imine (C=N–C) groups is 1. The summed E-state index contributed by atoms with van der Waals surface area (Å²) in [7, 11) is 0. The van der Waals surface area contributed by atoms with Gasteiger partial charge in [-0.3, -0.25) is 0 Å². The number of benzene rings is 1. The summed E-state index contributed by atoms with van der Waals surface area (Å²) >= 11 is 0. The maximum absolute atomic E-state index is 12.2. The van der Waals surface area contributed by atoms with E-state index in [4.69, 9.17) is 11.5 Å². The van der Waals surface area contributed by atoms with Gasteiger partial charge in [0, 0.05) is 17.5 Å². The lowest BCUT2D eigenvalue weighted by Gasteiger charge is -2.10. The highest BCUT2D eigenvalue weighted by atomic mass is 19.4. The molecule has 23 heavy (non-hydrogen) atoms. The third-order valence-corrected chi connectivity index (χ3v) is 3.10. The van der Waals surface area contributed by atoms with Gasteiger partial charge in [0.25, 0.3) is 0 Å². The van der Waals surface area contributed by atoms with Crippen molar-refractivity contribution in [2.45, 2.75) is 25.9 Å². The van der Waals surface area contributed by atoms with E-state index in [1.165, 1.54) is 0 Å². The standard InChI is InChI=1S/C15H16F3N5/c1-9-12(10-5-3-2-4-6-10)22-14(20)23-13(9)21-11(19)7-8-15(16,17)18/h2-6H,7-8H2,1H3,(H4,19,20,21,22,23). The van der Waals surface area contributed by atoms with Crippen LogP contribution < -0.4 is 11.5 Å². The number of anilines is 1. The van der Waals surface area contributed by atoms with Gasteiger partial charge in [0.15, 0.2) is 5.82 Å². The number of alkyl halides is 3. The molecular formula is C15H16F3N5. The Balaban J connectivity index is 2.35. The minimum atomic E-state index is -4.28. The topological polar surface area (TPSA) is 90.2 Å². The Morgan fingerprint density at radius 2 is 1.83 bits per heavy atom. The first-order chi connectivity index (χ1) is 10.8. The molecule has 0 saturated carbocycles. The van der Waals surface area contributed by atoms with Crippen LogP contribution >= 0.6 is 0 Å². The van der Waals surface area contributed by atoms with Gasteiger partial charge in [-0.2, -0.15) is 18.2 Å². The number of halogens is 3. The van der Waals surface area contributed by atoms with Crippen LogP contribution in [0.5, 0.6) is 0 Å². The first-order valence-corrected chi connectivity index (χ1v) is 6.85. The van der Waals surface area contributed by atoms with Crippen molar-refractivity contribution in [3.8, 4) is 11.3 Å². The second-order valence-electron chi connectivity index (χ2n) is 4.96. The summed E-state index contributed by atoms with van der Waals surface area (Å²) in [6.45, 7) is 1.72. The smallest absolute Gasteiger partial charge is 0.387 e. The van der Waals surface area contributed by atoms with Gasteiger partial charge in [0.05, 0.1) is 12.1 Å². The fraction of sp³-hybridized carbons (Fsp3) is 0.267. The van der Waals surface area contributed by atoms with Gasteiger partial charge in [0.2, 0.25) is 5.95 Å². The number of nitrogen functional groups attached to an aromatic ring is 1. The Labute approximate surface area is 131 Å². The molecule has 0 atom stereocenters. The van der Waals surface area contributed by atoms with Crippen molar-refractivity contribution < 1.29 is 13.2 Å². The highest BCUT2D eigenvalue weighted by molar-refractivity contribution is 5.84. The van der Waals surface area contributed by atoms with E-state index in [1.807, 2.05) is 30.3 Å². The van der Waals surface area contributed by atoms with Crippen LogP contribution in [0.25, 0.3) is 11.3 Å². The lowest BCUT2D eigenvalue weighted by Crippen LogP contribution is -2.17. The van der Waals surface area contributed by atoms with Crippen LogP contribution in [0.1, 0.15) is 18.4 Å². The van der Waals surface area contributed by atoms with Crippen LogP contribution in [0.15, 0.2) is 35.3 Å². The molecule has 1 heterocycles. The zero-order valence-corrected chi connectivity index (χ0v) is 12.4. The molecule has 122 valence electrons. The van der Waals surface area contributed by atoms with Gasteiger partial charge < -0.3 is 11.5 Å². The monoisotopic (exact) mass is 323 g/mol. The molecule has 0 bridgehead atoms. The summed E-state index contributed by atoms with van der Waals surface area (Å²) in [6.07, 6.45) is -5.71. The van der Waals surface area contributed by atoms with E-state index >= 15 is 0 Å². The summed E-state index contributed by atoms with van der Waals surface area (Å²) in [6, 6.07) is 9.23. The average Bonchev–Trinajstić information content (AvgIpc) is 2.49. The third kappa shape index (κ3) is 4.67. The van der Waals surface area contributed by atoms with Gasteiger partial charge in [-0.15, -0.1) is 0 Å². The van der Waals surface area contributed by atoms with E-state index < -0.39 is 19.0 Å². The van der Waals surface area contributed by atoms with Gasteiger partial charge in [-0.05, 0) is 6.92 Å². The summed E-state index contributed by atoms with van der Waals surface area (Å²) in [5.41, 5.74) is 13.2. The van der Waals surface area contributed by atoms with E-state index in [1.54, 1.807) is 6.92 Å². The molecule has 0 aliphatic carbocycles. The Morgan fingerprint density at radius 1 is 1.17 bits per heavy atom. The molecule has 8 heteroatoms. The summed E-state index contributed by atoms with van der Waals surface area (Å²) in [5, 5.41) is 0. The van der Waals surface area contributed by atoms with Crippen molar-refractivity contribution in [3.63, 3.8) is 0 Å². The summed E-state index contributed by atoms with van der Waals surface area (Å²) in [5.74, 6) is 0.00962. The second-order valence-corrected chi connectivity index (χ2v) is 4.96. The van der Waals surface area contributed by atoms with Crippen molar-refractivity contribution in [1.82, 2.24) is 9.97 Å².